The van der Waals surface area contributed by atoms with Gasteiger partial charge in [0, 0.05) is 20.0 Å². The Morgan fingerprint density at radius 1 is 1.41 bits per heavy atom. The molecule has 2 N–H and O–H groups in total. The van der Waals surface area contributed by atoms with E-state index in [2.05, 4.69) is 15.6 Å². The lowest BCUT2D eigenvalue weighted by molar-refractivity contribution is -0.120. The SMILES string of the molecule is CNCc1ccc(OCCCC(=O)NC)cn1. The van der Waals surface area contributed by atoms with Crippen LogP contribution in [0.4, 0.5) is 0 Å². The smallest absolute Gasteiger partial charge is 0.219 e. The predicted molar refractivity (Wildman–Crippen MR) is 65.8 cm³/mol. The summed E-state index contributed by atoms with van der Waals surface area (Å²) in [5.41, 5.74) is 0.977. The highest BCUT2D eigenvalue weighted by atomic mass is 16.5. The Kier molecular flexibility index (Phi) is 6.03. The molecule has 0 fully saturated rings. The summed E-state index contributed by atoms with van der Waals surface area (Å²) in [5.74, 6) is 0.776. The summed E-state index contributed by atoms with van der Waals surface area (Å²) in [6, 6.07) is 3.81. The highest BCUT2D eigenvalue weighted by molar-refractivity contribution is 5.75. The Hall–Kier alpha value is -1.62. The van der Waals surface area contributed by atoms with Gasteiger partial charge in [0.15, 0.2) is 0 Å². The largest absolute Gasteiger partial charge is 0.492 e. The zero-order chi connectivity index (χ0) is 12.5. The zero-order valence-corrected chi connectivity index (χ0v) is 10.3. The van der Waals surface area contributed by atoms with Crippen molar-refractivity contribution in [1.29, 1.82) is 0 Å². The molecule has 1 rings (SSSR count). The minimum atomic E-state index is 0.0380. The number of hydrogen-bond acceptors (Lipinski definition) is 4. The molecule has 94 valence electrons. The number of ether oxygens (including phenoxy) is 1. The average Bonchev–Trinajstić information content (AvgIpc) is 2.36. The molecule has 1 amide bonds. The van der Waals surface area contributed by atoms with Crippen molar-refractivity contribution in [2.75, 3.05) is 20.7 Å². The Bertz CT molecular complexity index is 338. The number of aromatic nitrogens is 1. The summed E-state index contributed by atoms with van der Waals surface area (Å²) in [7, 11) is 3.51. The van der Waals surface area contributed by atoms with Crippen molar-refractivity contribution < 1.29 is 9.53 Å². The van der Waals surface area contributed by atoms with Gasteiger partial charge >= 0.3 is 0 Å². The number of amides is 1. The summed E-state index contributed by atoms with van der Waals surface area (Å²) < 4.78 is 5.47. The molecule has 0 spiro atoms. The van der Waals surface area contributed by atoms with E-state index in [4.69, 9.17) is 4.74 Å². The molecule has 0 saturated carbocycles. The molecule has 5 nitrogen and oxygen atoms in total. The molecule has 5 heteroatoms. The van der Waals surface area contributed by atoms with Crippen LogP contribution < -0.4 is 15.4 Å². The van der Waals surface area contributed by atoms with Gasteiger partial charge in [-0.2, -0.15) is 0 Å². The first-order chi connectivity index (χ1) is 8.26. The van der Waals surface area contributed by atoms with E-state index >= 15 is 0 Å². The molecular formula is C12H19N3O2. The Balaban J connectivity index is 2.25. The maximum absolute atomic E-state index is 11.0. The predicted octanol–water partition coefficient (Wildman–Crippen LogP) is 0.706. The average molecular weight is 237 g/mol. The van der Waals surface area contributed by atoms with Gasteiger partial charge in [-0.15, -0.1) is 0 Å². The van der Waals surface area contributed by atoms with Crippen molar-refractivity contribution in [2.45, 2.75) is 19.4 Å². The highest BCUT2D eigenvalue weighted by Crippen LogP contribution is 2.09. The number of carbonyl (C=O) groups is 1. The van der Waals surface area contributed by atoms with E-state index < -0.39 is 0 Å². The molecule has 0 aliphatic heterocycles. The number of carbonyl (C=O) groups excluding carboxylic acids is 1. The van der Waals surface area contributed by atoms with E-state index in [-0.39, 0.29) is 5.91 Å². The Morgan fingerprint density at radius 2 is 2.24 bits per heavy atom. The molecule has 1 heterocycles. The van der Waals surface area contributed by atoms with Gasteiger partial charge < -0.3 is 15.4 Å². The van der Waals surface area contributed by atoms with Crippen molar-refractivity contribution in [1.82, 2.24) is 15.6 Å². The van der Waals surface area contributed by atoms with Crippen molar-refractivity contribution in [3.8, 4) is 5.75 Å². The van der Waals surface area contributed by atoms with Crippen molar-refractivity contribution in [2.24, 2.45) is 0 Å². The molecule has 0 aliphatic rings. The van der Waals surface area contributed by atoms with Gasteiger partial charge in [0.2, 0.25) is 5.91 Å². The van der Waals surface area contributed by atoms with Crippen LogP contribution in [-0.2, 0) is 11.3 Å². The minimum Gasteiger partial charge on any atom is -0.492 e. The van der Waals surface area contributed by atoms with Crippen LogP contribution in [-0.4, -0.2) is 31.6 Å². The van der Waals surface area contributed by atoms with Crippen molar-refractivity contribution in [3.63, 3.8) is 0 Å². The summed E-state index contributed by atoms with van der Waals surface area (Å²) in [4.78, 5) is 15.2. The quantitative estimate of drug-likeness (QED) is 0.685. The van der Waals surface area contributed by atoms with Crippen molar-refractivity contribution >= 4 is 5.91 Å². The van der Waals surface area contributed by atoms with Crippen molar-refractivity contribution in [3.05, 3.63) is 24.0 Å². The van der Waals surface area contributed by atoms with Gasteiger partial charge in [-0.05, 0) is 25.6 Å². The van der Waals surface area contributed by atoms with Gasteiger partial charge in [0.25, 0.3) is 0 Å². The third kappa shape index (κ3) is 5.31. The second-order valence-corrected chi connectivity index (χ2v) is 3.64. The fourth-order valence-electron chi connectivity index (χ4n) is 1.33. The first kappa shape index (κ1) is 13.4. The van der Waals surface area contributed by atoms with Crippen LogP contribution in [0.15, 0.2) is 18.3 Å². The van der Waals surface area contributed by atoms with E-state index in [9.17, 15) is 4.79 Å². The maximum atomic E-state index is 11.0. The number of nitrogens with one attached hydrogen (secondary N) is 2. The normalized spacial score (nSPS) is 10.0. The number of hydrogen-bond donors (Lipinski definition) is 2. The van der Waals surface area contributed by atoms with Crippen LogP contribution in [0.2, 0.25) is 0 Å². The van der Waals surface area contributed by atoms with Crippen LogP contribution in [0.3, 0.4) is 0 Å². The lowest BCUT2D eigenvalue weighted by Crippen LogP contribution is -2.18. The van der Waals surface area contributed by atoms with Crippen LogP contribution in [0.25, 0.3) is 0 Å². The third-order valence-corrected chi connectivity index (χ3v) is 2.25. The molecule has 0 unspecified atom stereocenters. The molecular weight excluding hydrogens is 218 g/mol. The topological polar surface area (TPSA) is 63.2 Å². The summed E-state index contributed by atoms with van der Waals surface area (Å²) in [6.07, 6.45) is 2.90. The van der Waals surface area contributed by atoms with Gasteiger partial charge in [-0.3, -0.25) is 9.78 Å². The molecule has 0 aliphatic carbocycles. The fourth-order valence-corrected chi connectivity index (χ4v) is 1.33. The number of pyridine rings is 1. The molecule has 17 heavy (non-hydrogen) atoms. The van der Waals surface area contributed by atoms with Gasteiger partial charge in [0.05, 0.1) is 18.5 Å². The Labute approximate surface area is 102 Å². The van der Waals surface area contributed by atoms with E-state index in [0.29, 0.717) is 19.4 Å². The summed E-state index contributed by atoms with van der Waals surface area (Å²) in [5, 5.41) is 5.60. The molecule has 0 atom stereocenters. The van der Waals surface area contributed by atoms with Crippen LogP contribution in [0.1, 0.15) is 18.5 Å². The number of rotatable bonds is 7. The fraction of sp³-hybridized carbons (Fsp3) is 0.500. The highest BCUT2D eigenvalue weighted by Gasteiger charge is 1.99. The van der Waals surface area contributed by atoms with Crippen LogP contribution in [0.5, 0.6) is 5.75 Å². The molecule has 0 bridgehead atoms. The molecule has 0 aromatic carbocycles. The van der Waals surface area contributed by atoms with Gasteiger partial charge in [0.1, 0.15) is 5.75 Å². The molecule has 1 aromatic heterocycles. The minimum absolute atomic E-state index is 0.0380. The monoisotopic (exact) mass is 237 g/mol. The first-order valence-electron chi connectivity index (χ1n) is 5.69. The number of nitrogens with zero attached hydrogens (tertiary/aromatic N) is 1. The zero-order valence-electron chi connectivity index (χ0n) is 10.3. The molecule has 0 radical (unpaired) electrons. The lowest BCUT2D eigenvalue weighted by atomic mass is 10.3. The second-order valence-electron chi connectivity index (χ2n) is 3.64. The van der Waals surface area contributed by atoms with E-state index in [1.165, 1.54) is 0 Å². The summed E-state index contributed by atoms with van der Waals surface area (Å²) >= 11 is 0. The lowest BCUT2D eigenvalue weighted by Gasteiger charge is -2.06. The third-order valence-electron chi connectivity index (χ3n) is 2.25. The standard InChI is InChI=1S/C12H19N3O2/c1-13-8-10-5-6-11(9-15-10)17-7-3-4-12(16)14-2/h5-6,9,13H,3-4,7-8H2,1-2H3,(H,14,16). The second kappa shape index (κ2) is 7.62. The summed E-state index contributed by atoms with van der Waals surface area (Å²) in [6.45, 7) is 1.28. The van der Waals surface area contributed by atoms with Crippen LogP contribution in [0, 0.1) is 0 Å². The van der Waals surface area contributed by atoms with Crippen LogP contribution >= 0.6 is 0 Å². The van der Waals surface area contributed by atoms with Gasteiger partial charge in [-0.1, -0.05) is 0 Å². The van der Waals surface area contributed by atoms with Gasteiger partial charge in [-0.25, -0.2) is 0 Å². The first-order valence-corrected chi connectivity index (χ1v) is 5.69. The molecule has 0 saturated heterocycles. The molecule has 1 aromatic rings. The maximum Gasteiger partial charge on any atom is 0.219 e. The van der Waals surface area contributed by atoms with E-state index in [1.54, 1.807) is 13.2 Å². The Morgan fingerprint density at radius 3 is 2.82 bits per heavy atom. The van der Waals surface area contributed by atoms with E-state index in [0.717, 1.165) is 18.0 Å². The van der Waals surface area contributed by atoms with E-state index in [1.807, 2.05) is 19.2 Å².